The maximum atomic E-state index is 12.4. The number of amides is 1. The van der Waals surface area contributed by atoms with E-state index < -0.39 is 0 Å². The topological polar surface area (TPSA) is 54.9 Å². The molecular formula is C17H13N3OS2. The van der Waals surface area contributed by atoms with Crippen LogP contribution < -0.4 is 5.32 Å². The van der Waals surface area contributed by atoms with Gasteiger partial charge in [0.15, 0.2) is 0 Å². The zero-order valence-electron chi connectivity index (χ0n) is 12.1. The van der Waals surface area contributed by atoms with E-state index in [2.05, 4.69) is 27.6 Å². The molecule has 0 spiro atoms. The van der Waals surface area contributed by atoms with Crippen LogP contribution in [0.25, 0.3) is 10.6 Å². The summed E-state index contributed by atoms with van der Waals surface area (Å²) >= 11 is 3.00. The highest BCUT2D eigenvalue weighted by molar-refractivity contribution is 8.01. The second-order valence-corrected chi connectivity index (χ2v) is 7.41. The van der Waals surface area contributed by atoms with E-state index in [-0.39, 0.29) is 11.2 Å². The second-order valence-electron chi connectivity index (χ2n) is 5.19. The van der Waals surface area contributed by atoms with Crippen LogP contribution in [0.2, 0.25) is 0 Å². The molecule has 0 saturated carbocycles. The Balaban J connectivity index is 1.45. The lowest BCUT2D eigenvalue weighted by atomic mass is 10.1. The number of benzene rings is 2. The fourth-order valence-electron chi connectivity index (χ4n) is 2.49. The third-order valence-electron chi connectivity index (χ3n) is 3.62. The predicted molar refractivity (Wildman–Crippen MR) is 93.8 cm³/mol. The number of hydrogen-bond donors (Lipinski definition) is 1. The summed E-state index contributed by atoms with van der Waals surface area (Å²) < 4.78 is 0. The summed E-state index contributed by atoms with van der Waals surface area (Å²) in [6, 6.07) is 18.0. The van der Waals surface area contributed by atoms with Crippen LogP contribution in [-0.4, -0.2) is 21.4 Å². The van der Waals surface area contributed by atoms with Gasteiger partial charge in [0.2, 0.25) is 11.0 Å². The Hall–Kier alpha value is -2.18. The van der Waals surface area contributed by atoms with E-state index in [1.54, 1.807) is 11.8 Å². The van der Waals surface area contributed by atoms with E-state index in [0.717, 1.165) is 17.0 Å². The molecule has 1 atom stereocenters. The first-order chi connectivity index (χ1) is 11.3. The number of thioether (sulfide) groups is 1. The highest BCUT2D eigenvalue weighted by Crippen LogP contribution is 2.37. The lowest BCUT2D eigenvalue weighted by Crippen LogP contribution is -2.24. The normalized spacial score (nSPS) is 16.1. The van der Waals surface area contributed by atoms with Crippen LogP contribution in [0.3, 0.4) is 0 Å². The van der Waals surface area contributed by atoms with E-state index in [9.17, 15) is 4.79 Å². The van der Waals surface area contributed by atoms with Gasteiger partial charge in [0.1, 0.15) is 5.01 Å². The smallest absolute Gasteiger partial charge is 0.240 e. The summed E-state index contributed by atoms with van der Waals surface area (Å²) in [5.41, 5.74) is 2.24. The zero-order valence-corrected chi connectivity index (χ0v) is 13.7. The summed E-state index contributed by atoms with van der Waals surface area (Å²) in [6.07, 6.45) is 0.761. The third kappa shape index (κ3) is 3.00. The van der Waals surface area contributed by atoms with Gasteiger partial charge in [-0.05, 0) is 18.1 Å². The van der Waals surface area contributed by atoms with Crippen molar-refractivity contribution in [2.75, 3.05) is 5.32 Å². The van der Waals surface area contributed by atoms with Crippen molar-refractivity contribution in [1.82, 2.24) is 10.2 Å². The average molecular weight is 339 g/mol. The minimum atomic E-state index is -0.100. The van der Waals surface area contributed by atoms with Crippen molar-refractivity contribution < 1.29 is 4.79 Å². The van der Waals surface area contributed by atoms with Crippen molar-refractivity contribution in [2.45, 2.75) is 16.6 Å². The Morgan fingerprint density at radius 1 is 1.04 bits per heavy atom. The van der Waals surface area contributed by atoms with Gasteiger partial charge in [0.05, 0.1) is 5.25 Å². The molecule has 1 amide bonds. The van der Waals surface area contributed by atoms with Crippen molar-refractivity contribution >= 4 is 34.1 Å². The number of carbonyl (C=O) groups excluding carboxylic acids is 1. The first kappa shape index (κ1) is 14.4. The van der Waals surface area contributed by atoms with Gasteiger partial charge in [0, 0.05) is 10.5 Å². The van der Waals surface area contributed by atoms with Gasteiger partial charge in [-0.3, -0.25) is 10.1 Å². The Labute approximate surface area is 142 Å². The summed E-state index contributed by atoms with van der Waals surface area (Å²) in [5.74, 6) is -0.0121. The molecule has 3 aromatic rings. The maximum absolute atomic E-state index is 12.4. The quantitative estimate of drug-likeness (QED) is 0.787. The molecule has 2 heterocycles. The van der Waals surface area contributed by atoms with Crippen LogP contribution in [0.1, 0.15) is 5.56 Å². The number of nitrogens with one attached hydrogen (secondary N) is 1. The standard InChI is InChI=1S/C17H13N3OS2/c21-15(14-10-12-8-4-5-9-13(12)22-14)18-17-20-19-16(23-17)11-6-2-1-3-7-11/h1-9,14H,10H2,(H,18,20,21). The van der Waals surface area contributed by atoms with Gasteiger partial charge >= 0.3 is 0 Å². The van der Waals surface area contributed by atoms with Crippen molar-refractivity contribution in [1.29, 1.82) is 0 Å². The molecule has 0 bridgehead atoms. The molecule has 6 heteroatoms. The van der Waals surface area contributed by atoms with Gasteiger partial charge in [-0.25, -0.2) is 0 Å². The third-order valence-corrected chi connectivity index (χ3v) is 5.82. The Morgan fingerprint density at radius 3 is 2.65 bits per heavy atom. The molecule has 4 rings (SSSR count). The molecule has 114 valence electrons. The highest BCUT2D eigenvalue weighted by atomic mass is 32.2. The second kappa shape index (κ2) is 6.14. The van der Waals surface area contributed by atoms with Crippen molar-refractivity contribution in [2.24, 2.45) is 0 Å². The molecule has 0 saturated heterocycles. The van der Waals surface area contributed by atoms with Gasteiger partial charge in [-0.2, -0.15) is 0 Å². The fraction of sp³-hybridized carbons (Fsp3) is 0.118. The molecular weight excluding hydrogens is 326 g/mol. The average Bonchev–Trinajstić information content (AvgIpc) is 3.22. The lowest BCUT2D eigenvalue weighted by Gasteiger charge is -2.06. The van der Waals surface area contributed by atoms with Crippen LogP contribution in [0, 0.1) is 0 Å². The number of aromatic nitrogens is 2. The molecule has 0 aliphatic carbocycles. The first-order valence-electron chi connectivity index (χ1n) is 7.24. The van der Waals surface area contributed by atoms with Gasteiger partial charge < -0.3 is 0 Å². The predicted octanol–water partition coefficient (Wildman–Crippen LogP) is 3.86. The first-order valence-corrected chi connectivity index (χ1v) is 8.93. The van der Waals surface area contributed by atoms with Crippen molar-refractivity contribution in [3.63, 3.8) is 0 Å². The zero-order chi connectivity index (χ0) is 15.6. The van der Waals surface area contributed by atoms with Gasteiger partial charge in [-0.15, -0.1) is 22.0 Å². The van der Waals surface area contributed by atoms with Gasteiger partial charge in [0.25, 0.3) is 0 Å². The number of fused-ring (bicyclic) bond motifs is 1. The maximum Gasteiger partial charge on any atom is 0.240 e. The largest absolute Gasteiger partial charge is 0.300 e. The summed E-state index contributed by atoms with van der Waals surface area (Å²) in [6.45, 7) is 0. The summed E-state index contributed by atoms with van der Waals surface area (Å²) in [5, 5.41) is 12.4. The lowest BCUT2D eigenvalue weighted by molar-refractivity contribution is -0.115. The monoisotopic (exact) mass is 339 g/mol. The SMILES string of the molecule is O=C(Nc1nnc(-c2ccccc2)s1)C1Cc2ccccc2S1. The molecule has 1 unspecified atom stereocenters. The molecule has 4 nitrogen and oxygen atoms in total. The minimum Gasteiger partial charge on any atom is -0.300 e. The Bertz CT molecular complexity index is 823. The van der Waals surface area contributed by atoms with Crippen molar-refractivity contribution in [3.8, 4) is 10.6 Å². The van der Waals surface area contributed by atoms with Crippen LogP contribution in [-0.2, 0) is 11.2 Å². The molecule has 23 heavy (non-hydrogen) atoms. The van der Waals surface area contributed by atoms with Crippen LogP contribution in [0.4, 0.5) is 5.13 Å². The minimum absolute atomic E-state index is 0.0121. The highest BCUT2D eigenvalue weighted by Gasteiger charge is 2.28. The van der Waals surface area contributed by atoms with Gasteiger partial charge in [-0.1, -0.05) is 59.9 Å². The molecule has 0 fully saturated rings. The van der Waals surface area contributed by atoms with E-state index in [1.807, 2.05) is 42.5 Å². The van der Waals surface area contributed by atoms with Crippen LogP contribution >= 0.6 is 23.1 Å². The Kier molecular flexibility index (Phi) is 3.85. The molecule has 1 N–H and O–H groups in total. The van der Waals surface area contributed by atoms with E-state index in [1.165, 1.54) is 21.8 Å². The molecule has 1 aliphatic rings. The molecule has 1 aromatic heterocycles. The van der Waals surface area contributed by atoms with Crippen molar-refractivity contribution in [3.05, 3.63) is 60.2 Å². The summed E-state index contributed by atoms with van der Waals surface area (Å²) in [4.78, 5) is 13.6. The number of hydrogen-bond acceptors (Lipinski definition) is 5. The number of carbonyl (C=O) groups is 1. The number of rotatable bonds is 3. The fourth-order valence-corrected chi connectivity index (χ4v) is 4.43. The van der Waals surface area contributed by atoms with E-state index in [4.69, 9.17) is 0 Å². The molecule has 1 aliphatic heterocycles. The molecule has 2 aromatic carbocycles. The number of nitrogens with zero attached hydrogens (tertiary/aromatic N) is 2. The number of anilines is 1. The summed E-state index contributed by atoms with van der Waals surface area (Å²) in [7, 11) is 0. The van der Waals surface area contributed by atoms with Crippen LogP contribution in [0.15, 0.2) is 59.5 Å². The Morgan fingerprint density at radius 2 is 1.83 bits per heavy atom. The van der Waals surface area contributed by atoms with E-state index >= 15 is 0 Å². The molecule has 0 radical (unpaired) electrons. The van der Waals surface area contributed by atoms with Crippen LogP contribution in [0.5, 0.6) is 0 Å². The van der Waals surface area contributed by atoms with E-state index in [0.29, 0.717) is 5.13 Å².